The summed E-state index contributed by atoms with van der Waals surface area (Å²) in [6.07, 6.45) is -4.76. The summed E-state index contributed by atoms with van der Waals surface area (Å²) in [5.41, 5.74) is 0. The molecule has 0 aliphatic heterocycles. The first-order valence-corrected chi connectivity index (χ1v) is 3.18. The number of aliphatic hydroxyl groups excluding tert-OH is 3. The highest BCUT2D eigenvalue weighted by Crippen LogP contribution is 2.25. The van der Waals surface area contributed by atoms with Gasteiger partial charge in [0.2, 0.25) is 0 Å². The van der Waals surface area contributed by atoms with Crippen LogP contribution in [0.3, 0.4) is 0 Å². The van der Waals surface area contributed by atoms with E-state index in [4.69, 9.17) is 21.8 Å². The van der Waals surface area contributed by atoms with Crippen molar-refractivity contribution in [3.8, 4) is 0 Å². The Morgan fingerprint density at radius 3 is 2.10 bits per heavy atom. The third-order valence-electron chi connectivity index (χ3n) is 1.85. The van der Waals surface area contributed by atoms with Crippen molar-refractivity contribution in [2.75, 3.05) is 6.61 Å². The van der Waals surface area contributed by atoms with Gasteiger partial charge in [-0.2, -0.15) is 0 Å². The molecule has 0 heterocycles. The van der Waals surface area contributed by atoms with Gasteiger partial charge in [-0.15, -0.1) is 0 Å². The van der Waals surface area contributed by atoms with Crippen LogP contribution in [-0.4, -0.2) is 45.3 Å². The van der Waals surface area contributed by atoms with Crippen molar-refractivity contribution in [1.29, 1.82) is 0 Å². The standard InChI is InChI=1S/C6H12O4/c7-2-3-1-4(8)6(10)5(3)9/h3-10H,1-2H2/t3-,4+,5-,6+/m1/s1/i4T. The molecule has 0 amide bonds. The maximum absolute atomic E-state index is 9.10. The molecule has 0 saturated heterocycles. The first kappa shape index (κ1) is 6.54. The quantitative estimate of drug-likeness (QED) is 0.351. The first-order valence-electron chi connectivity index (χ1n) is 3.68. The van der Waals surface area contributed by atoms with Crippen LogP contribution < -0.4 is 0 Å². The van der Waals surface area contributed by atoms with Crippen molar-refractivity contribution >= 4 is 0 Å². The fourth-order valence-corrected chi connectivity index (χ4v) is 1.14. The van der Waals surface area contributed by atoms with Crippen molar-refractivity contribution in [2.24, 2.45) is 5.92 Å². The summed E-state index contributed by atoms with van der Waals surface area (Å²) in [5.74, 6) is -0.590. The zero-order valence-corrected chi connectivity index (χ0v) is 5.44. The van der Waals surface area contributed by atoms with Crippen LogP contribution in [0.1, 0.15) is 7.79 Å². The van der Waals surface area contributed by atoms with Crippen molar-refractivity contribution in [1.82, 2.24) is 0 Å². The Bertz CT molecular complexity index is 150. The normalized spacial score (nSPS) is 56.8. The van der Waals surface area contributed by atoms with Crippen molar-refractivity contribution < 1.29 is 21.8 Å². The van der Waals surface area contributed by atoms with Crippen LogP contribution in [0.15, 0.2) is 0 Å². The Balaban J connectivity index is 2.69. The number of rotatable bonds is 1. The number of hydrogen-bond donors (Lipinski definition) is 4. The Hall–Kier alpha value is -0.160. The van der Waals surface area contributed by atoms with E-state index in [0.29, 0.717) is 0 Å². The van der Waals surface area contributed by atoms with Gasteiger partial charge in [-0.3, -0.25) is 0 Å². The summed E-state index contributed by atoms with van der Waals surface area (Å²) < 4.78 is 7.09. The molecule has 4 nitrogen and oxygen atoms in total. The van der Waals surface area contributed by atoms with Crippen molar-refractivity contribution in [3.63, 3.8) is 0 Å². The second kappa shape index (κ2) is 2.84. The van der Waals surface area contributed by atoms with E-state index in [0.717, 1.165) is 0 Å². The highest BCUT2D eigenvalue weighted by Gasteiger charge is 2.39. The van der Waals surface area contributed by atoms with Crippen LogP contribution in [0.4, 0.5) is 0 Å². The van der Waals surface area contributed by atoms with Crippen LogP contribution in [0.5, 0.6) is 0 Å². The van der Waals surface area contributed by atoms with E-state index in [2.05, 4.69) is 0 Å². The molecule has 0 radical (unpaired) electrons. The van der Waals surface area contributed by atoms with E-state index in [9.17, 15) is 0 Å². The summed E-state index contributed by atoms with van der Waals surface area (Å²) in [4.78, 5) is 0. The average Bonchev–Trinajstić information content (AvgIpc) is 2.13. The maximum atomic E-state index is 9.10. The fourth-order valence-electron chi connectivity index (χ4n) is 1.14. The predicted octanol–water partition coefficient (Wildman–Crippen LogP) is -1.92. The monoisotopic (exact) mass is 150 g/mol. The van der Waals surface area contributed by atoms with Gasteiger partial charge in [-0.05, 0) is 6.42 Å². The van der Waals surface area contributed by atoms with Crippen LogP contribution in [0, 0.1) is 5.92 Å². The minimum absolute atomic E-state index is 0.0914. The van der Waals surface area contributed by atoms with Gasteiger partial charge < -0.3 is 20.4 Å². The third-order valence-corrected chi connectivity index (χ3v) is 1.85. The molecule has 1 saturated carbocycles. The Morgan fingerprint density at radius 1 is 1.30 bits per heavy atom. The molecule has 0 bridgehead atoms. The van der Waals surface area contributed by atoms with Gasteiger partial charge in [0.1, 0.15) is 6.10 Å². The molecule has 0 aromatic carbocycles. The van der Waals surface area contributed by atoms with Crippen molar-refractivity contribution in [2.45, 2.75) is 24.7 Å². The van der Waals surface area contributed by atoms with E-state index in [1.54, 1.807) is 0 Å². The van der Waals surface area contributed by atoms with Gasteiger partial charge in [0, 0.05) is 12.5 Å². The Morgan fingerprint density at radius 2 is 1.90 bits per heavy atom. The van der Waals surface area contributed by atoms with E-state index in [-0.39, 0.29) is 13.0 Å². The van der Waals surface area contributed by atoms with Gasteiger partial charge in [0.05, 0.1) is 13.6 Å². The summed E-state index contributed by atoms with van der Waals surface area (Å²) in [6, 6.07) is 0. The van der Waals surface area contributed by atoms with Gasteiger partial charge in [-0.1, -0.05) is 0 Å². The average molecular weight is 150 g/mol. The predicted molar refractivity (Wildman–Crippen MR) is 33.2 cm³/mol. The summed E-state index contributed by atoms with van der Waals surface area (Å²) >= 11 is 0. The molecule has 4 heteroatoms. The number of hydrogen-bond acceptors (Lipinski definition) is 4. The Kier molecular flexibility index (Phi) is 1.86. The molecule has 10 heavy (non-hydrogen) atoms. The first-order chi connectivity index (χ1) is 4.99. The molecule has 1 fully saturated rings. The zero-order valence-electron chi connectivity index (χ0n) is 6.44. The zero-order chi connectivity index (χ0) is 8.65. The molecular weight excluding hydrogens is 136 g/mol. The molecule has 4 atom stereocenters. The van der Waals surface area contributed by atoms with Crippen LogP contribution >= 0.6 is 0 Å². The van der Waals surface area contributed by atoms with Gasteiger partial charge in [0.25, 0.3) is 0 Å². The molecule has 0 aromatic heterocycles. The SMILES string of the molecule is [3H][C@]1(O)C[C@H](CO)[C@@H](O)[C@H]1O. The van der Waals surface area contributed by atoms with E-state index in [1.165, 1.54) is 0 Å². The van der Waals surface area contributed by atoms with Crippen molar-refractivity contribution in [3.05, 3.63) is 0 Å². The second-order valence-corrected chi connectivity index (χ2v) is 2.57. The summed E-state index contributed by atoms with van der Waals surface area (Å²) in [7, 11) is 0. The minimum atomic E-state index is -2.01. The molecule has 0 spiro atoms. The molecule has 1 aliphatic carbocycles. The fraction of sp³-hybridized carbons (Fsp3) is 1.00. The highest BCUT2D eigenvalue weighted by molar-refractivity contribution is 4.90. The second-order valence-electron chi connectivity index (χ2n) is 2.57. The van der Waals surface area contributed by atoms with E-state index in [1.807, 2.05) is 0 Å². The van der Waals surface area contributed by atoms with Gasteiger partial charge in [-0.25, -0.2) is 0 Å². The van der Waals surface area contributed by atoms with Crippen LogP contribution in [0.2, 0.25) is 0 Å². The molecular formula is C6H12O4. The molecule has 60 valence electrons. The lowest BCUT2D eigenvalue weighted by Crippen LogP contribution is -2.31. The lowest BCUT2D eigenvalue weighted by atomic mass is 10.1. The molecule has 1 aliphatic rings. The highest BCUT2D eigenvalue weighted by atomic mass is 16.4. The van der Waals surface area contributed by atoms with E-state index < -0.39 is 24.2 Å². The minimum Gasteiger partial charge on any atom is -0.396 e. The van der Waals surface area contributed by atoms with E-state index >= 15 is 0 Å². The van der Waals surface area contributed by atoms with Crippen LogP contribution in [-0.2, 0) is 0 Å². The lowest BCUT2D eigenvalue weighted by molar-refractivity contribution is -0.0302. The smallest absolute Gasteiger partial charge is 0.106 e. The topological polar surface area (TPSA) is 80.9 Å². The summed E-state index contributed by atoms with van der Waals surface area (Å²) in [5, 5.41) is 35.8. The largest absolute Gasteiger partial charge is 0.396 e. The molecule has 4 N–H and O–H groups in total. The van der Waals surface area contributed by atoms with Crippen LogP contribution in [0.25, 0.3) is 0 Å². The van der Waals surface area contributed by atoms with Gasteiger partial charge >= 0.3 is 0 Å². The molecule has 1 rings (SSSR count). The Labute approximate surface area is 60.1 Å². The third kappa shape index (κ3) is 1.15. The maximum Gasteiger partial charge on any atom is 0.106 e. The van der Waals surface area contributed by atoms with Gasteiger partial charge in [0.15, 0.2) is 0 Å². The molecule has 0 aromatic rings. The number of aliphatic hydroxyl groups is 4. The summed E-state index contributed by atoms with van der Waals surface area (Å²) in [6.45, 7) is -0.320. The lowest BCUT2D eigenvalue weighted by Gasteiger charge is -2.12. The molecule has 0 unspecified atom stereocenters.